The molecule has 0 aliphatic carbocycles. The fraction of sp³-hybridized carbons (Fsp3) is 0.0769. The zero-order chi connectivity index (χ0) is 13.7. The standard InChI is InChI=1S/C13H7NO5/c15-9-8(10(16)11(9)17)5-14-12(18)6-3-1-2-4-7(6)13(14)19/h1-4,15H,5H2. The maximum atomic E-state index is 12.0. The second kappa shape index (κ2) is 3.61. The van der Waals surface area contributed by atoms with E-state index in [0.29, 0.717) is 0 Å². The molecule has 2 aromatic carbocycles. The normalized spacial score (nSPS) is 14.2. The molecule has 3 rings (SSSR count). The van der Waals surface area contributed by atoms with E-state index >= 15 is 0 Å². The first kappa shape index (κ1) is 11.3. The molecule has 0 aromatic heterocycles. The van der Waals surface area contributed by atoms with Crippen LogP contribution in [0.5, 0.6) is 5.75 Å². The third-order valence-corrected chi connectivity index (χ3v) is 3.18. The zero-order valence-corrected chi connectivity index (χ0v) is 9.54. The summed E-state index contributed by atoms with van der Waals surface area (Å²) in [5.41, 5.74) is -1.52. The molecular weight excluding hydrogens is 250 g/mol. The molecule has 2 amide bonds. The Bertz CT molecular complexity index is 763. The Morgan fingerprint density at radius 2 is 1.42 bits per heavy atom. The van der Waals surface area contributed by atoms with Crippen LogP contribution < -0.4 is 10.9 Å². The summed E-state index contributed by atoms with van der Waals surface area (Å²) < 4.78 is 0. The first-order chi connectivity index (χ1) is 9.02. The monoisotopic (exact) mass is 257 g/mol. The largest absolute Gasteiger partial charge is 0.504 e. The molecule has 1 aliphatic heterocycles. The summed E-state index contributed by atoms with van der Waals surface area (Å²) in [5.74, 6) is -1.73. The van der Waals surface area contributed by atoms with Gasteiger partial charge < -0.3 is 5.11 Å². The number of aromatic hydroxyl groups is 1. The smallest absolute Gasteiger partial charge is 0.268 e. The van der Waals surface area contributed by atoms with Crippen LogP contribution in [0.1, 0.15) is 26.3 Å². The number of carbonyl (C=O) groups excluding carboxylic acids is 2. The third-order valence-electron chi connectivity index (χ3n) is 3.18. The number of amides is 2. The number of hydrogen-bond donors (Lipinski definition) is 1. The predicted molar refractivity (Wildman–Crippen MR) is 63.7 cm³/mol. The molecule has 0 fully saturated rings. The fourth-order valence-electron chi connectivity index (χ4n) is 2.11. The molecule has 0 saturated carbocycles. The quantitative estimate of drug-likeness (QED) is 0.593. The highest BCUT2D eigenvalue weighted by Crippen LogP contribution is 2.25. The Morgan fingerprint density at radius 1 is 0.895 bits per heavy atom. The molecule has 2 aromatic rings. The number of rotatable bonds is 2. The maximum Gasteiger partial charge on any atom is 0.268 e. The zero-order valence-electron chi connectivity index (χ0n) is 9.54. The van der Waals surface area contributed by atoms with Crippen LogP contribution in [0.3, 0.4) is 0 Å². The lowest BCUT2D eigenvalue weighted by atomic mass is 10.1. The van der Waals surface area contributed by atoms with Crippen molar-refractivity contribution in [2.75, 3.05) is 0 Å². The predicted octanol–water partition coefficient (Wildman–Crippen LogP) is -0.216. The van der Waals surface area contributed by atoms with Crippen molar-refractivity contribution >= 4 is 11.8 Å². The van der Waals surface area contributed by atoms with Gasteiger partial charge in [-0.2, -0.15) is 0 Å². The number of carbonyl (C=O) groups is 2. The lowest BCUT2D eigenvalue weighted by Gasteiger charge is -2.14. The molecular formula is C13H7NO5. The van der Waals surface area contributed by atoms with E-state index in [1.807, 2.05) is 0 Å². The van der Waals surface area contributed by atoms with Gasteiger partial charge in [0.2, 0.25) is 5.43 Å². The van der Waals surface area contributed by atoms with Gasteiger partial charge in [0, 0.05) is 0 Å². The van der Waals surface area contributed by atoms with Crippen LogP contribution in [0.15, 0.2) is 33.9 Å². The SMILES string of the molecule is O=C1c2ccccc2C(=O)N1Cc1c(O)c(=O)c1=O. The summed E-state index contributed by atoms with van der Waals surface area (Å²) in [7, 11) is 0. The van der Waals surface area contributed by atoms with Crippen LogP contribution in [0.4, 0.5) is 0 Å². The van der Waals surface area contributed by atoms with Gasteiger partial charge in [-0.05, 0) is 12.1 Å². The molecule has 19 heavy (non-hydrogen) atoms. The molecule has 0 spiro atoms. The summed E-state index contributed by atoms with van der Waals surface area (Å²) in [6, 6.07) is 6.28. The minimum absolute atomic E-state index is 0.195. The maximum absolute atomic E-state index is 12.0. The van der Waals surface area contributed by atoms with Crippen LogP contribution in [0, 0.1) is 0 Å². The van der Waals surface area contributed by atoms with E-state index in [2.05, 4.69) is 0 Å². The van der Waals surface area contributed by atoms with Crippen molar-refractivity contribution in [3.63, 3.8) is 0 Å². The van der Waals surface area contributed by atoms with Gasteiger partial charge in [-0.15, -0.1) is 0 Å². The minimum Gasteiger partial charge on any atom is -0.504 e. The molecule has 0 saturated heterocycles. The Kier molecular flexibility index (Phi) is 2.16. The van der Waals surface area contributed by atoms with Gasteiger partial charge in [0.1, 0.15) is 0 Å². The van der Waals surface area contributed by atoms with Crippen molar-refractivity contribution in [2.45, 2.75) is 6.54 Å². The second-order valence-corrected chi connectivity index (χ2v) is 4.23. The van der Waals surface area contributed by atoms with Crippen molar-refractivity contribution in [3.8, 4) is 5.75 Å². The van der Waals surface area contributed by atoms with Crippen LogP contribution in [-0.4, -0.2) is 21.8 Å². The average Bonchev–Trinajstić information content (AvgIpc) is 2.68. The Balaban J connectivity index is 1.98. The summed E-state index contributed by atoms with van der Waals surface area (Å²) in [4.78, 5) is 46.9. The van der Waals surface area contributed by atoms with E-state index in [1.165, 1.54) is 12.1 Å². The van der Waals surface area contributed by atoms with Gasteiger partial charge in [0.25, 0.3) is 17.2 Å². The Morgan fingerprint density at radius 3 is 1.89 bits per heavy atom. The molecule has 6 heteroatoms. The highest BCUT2D eigenvalue weighted by atomic mass is 16.3. The van der Waals surface area contributed by atoms with Gasteiger partial charge in [-0.25, -0.2) is 0 Å². The van der Waals surface area contributed by atoms with E-state index in [4.69, 9.17) is 0 Å². The van der Waals surface area contributed by atoms with Crippen LogP contribution in [0.2, 0.25) is 0 Å². The second-order valence-electron chi connectivity index (χ2n) is 4.23. The fourth-order valence-corrected chi connectivity index (χ4v) is 2.11. The first-order valence-electron chi connectivity index (χ1n) is 5.48. The number of hydrogen-bond acceptors (Lipinski definition) is 5. The molecule has 1 N–H and O–H groups in total. The first-order valence-corrected chi connectivity index (χ1v) is 5.48. The molecule has 6 nitrogen and oxygen atoms in total. The Hall–Kier alpha value is -2.76. The van der Waals surface area contributed by atoms with E-state index in [9.17, 15) is 24.3 Å². The summed E-state index contributed by atoms with van der Waals surface area (Å²) in [5, 5.41) is 9.26. The summed E-state index contributed by atoms with van der Waals surface area (Å²) in [6.45, 7) is -0.372. The van der Waals surface area contributed by atoms with Crippen LogP contribution in [-0.2, 0) is 6.54 Å². The number of nitrogens with zero attached hydrogens (tertiary/aromatic N) is 1. The third kappa shape index (κ3) is 1.36. The highest BCUT2D eigenvalue weighted by molar-refractivity contribution is 6.21. The van der Waals surface area contributed by atoms with Gasteiger partial charge in [0.05, 0.1) is 23.2 Å². The summed E-state index contributed by atoms with van der Waals surface area (Å²) >= 11 is 0. The molecule has 1 heterocycles. The van der Waals surface area contributed by atoms with E-state index in [0.717, 1.165) is 4.90 Å². The minimum atomic E-state index is -0.980. The topological polar surface area (TPSA) is 91.8 Å². The van der Waals surface area contributed by atoms with Crippen LogP contribution >= 0.6 is 0 Å². The van der Waals surface area contributed by atoms with E-state index < -0.39 is 28.4 Å². The van der Waals surface area contributed by atoms with Crippen molar-refractivity contribution in [3.05, 3.63) is 61.4 Å². The van der Waals surface area contributed by atoms with E-state index in [-0.39, 0.29) is 23.2 Å². The van der Waals surface area contributed by atoms with Gasteiger partial charge in [-0.1, -0.05) is 12.1 Å². The summed E-state index contributed by atoms with van der Waals surface area (Å²) in [6.07, 6.45) is 0. The van der Waals surface area contributed by atoms with Gasteiger partial charge >= 0.3 is 0 Å². The van der Waals surface area contributed by atoms with Crippen molar-refractivity contribution in [1.29, 1.82) is 0 Å². The van der Waals surface area contributed by atoms with Crippen LogP contribution in [0.25, 0.3) is 0 Å². The van der Waals surface area contributed by atoms with Gasteiger partial charge in [0.15, 0.2) is 5.75 Å². The number of fused-ring (bicyclic) bond motifs is 1. The molecule has 1 aliphatic rings. The van der Waals surface area contributed by atoms with Crippen molar-refractivity contribution < 1.29 is 14.7 Å². The average molecular weight is 257 g/mol. The van der Waals surface area contributed by atoms with Crippen molar-refractivity contribution in [1.82, 2.24) is 4.90 Å². The lowest BCUT2D eigenvalue weighted by Crippen LogP contribution is -2.40. The molecule has 0 unspecified atom stereocenters. The molecule has 0 bridgehead atoms. The molecule has 94 valence electrons. The molecule has 0 atom stereocenters. The van der Waals surface area contributed by atoms with Gasteiger partial charge in [-0.3, -0.25) is 24.1 Å². The van der Waals surface area contributed by atoms with E-state index in [1.54, 1.807) is 12.1 Å². The number of imide groups is 1. The Labute approximate surface area is 106 Å². The molecule has 0 radical (unpaired) electrons. The van der Waals surface area contributed by atoms with Crippen molar-refractivity contribution in [2.24, 2.45) is 0 Å². The highest BCUT2D eigenvalue weighted by Gasteiger charge is 2.37. The number of benzene rings is 1. The lowest BCUT2D eigenvalue weighted by molar-refractivity contribution is 0.0640.